The van der Waals surface area contributed by atoms with Crippen LogP contribution in [0.4, 0.5) is 0 Å². The normalized spacial score (nSPS) is 22.1. The monoisotopic (exact) mass is 285 g/mol. The van der Waals surface area contributed by atoms with Crippen molar-refractivity contribution in [2.75, 3.05) is 26.2 Å². The number of unbranched alkanes of at least 4 members (excludes halogenated alkanes) is 1. The van der Waals surface area contributed by atoms with E-state index in [0.717, 1.165) is 38.8 Å². The highest BCUT2D eigenvalue weighted by atomic mass is 16.4. The molecule has 0 aliphatic carbocycles. The van der Waals surface area contributed by atoms with Crippen molar-refractivity contribution in [3.05, 3.63) is 0 Å². The number of aliphatic hydroxyl groups excluding tert-OH is 1. The molecule has 0 bridgehead atoms. The van der Waals surface area contributed by atoms with Crippen molar-refractivity contribution in [1.82, 2.24) is 4.90 Å². The Bertz CT molecular complexity index is 303. The van der Waals surface area contributed by atoms with E-state index in [9.17, 15) is 0 Å². The molecule has 1 aliphatic rings. The molecule has 0 aromatic heterocycles. The molecule has 5 heteroatoms. The fraction of sp³-hybridized carbons (Fsp3) is 0.933. The Labute approximate surface area is 122 Å². The summed E-state index contributed by atoms with van der Waals surface area (Å²) >= 11 is 0. The summed E-state index contributed by atoms with van der Waals surface area (Å²) in [5.74, 6) is 0.987. The molecule has 1 fully saturated rings. The molecule has 118 valence electrons. The zero-order valence-corrected chi connectivity index (χ0v) is 13.0. The molecule has 4 N–H and O–H groups in total. The number of hydrogen-bond acceptors (Lipinski definition) is 4. The van der Waals surface area contributed by atoms with Crippen LogP contribution in [0.15, 0.2) is 5.16 Å². The van der Waals surface area contributed by atoms with Gasteiger partial charge in [0.15, 0.2) is 0 Å². The highest BCUT2D eigenvalue weighted by Crippen LogP contribution is 2.24. The van der Waals surface area contributed by atoms with E-state index in [1.54, 1.807) is 0 Å². The average molecular weight is 285 g/mol. The number of likely N-dealkylation sites (tertiary alicyclic amines) is 1. The van der Waals surface area contributed by atoms with Gasteiger partial charge in [0.25, 0.3) is 0 Å². The van der Waals surface area contributed by atoms with Gasteiger partial charge in [0.1, 0.15) is 5.84 Å². The fourth-order valence-corrected chi connectivity index (χ4v) is 2.94. The van der Waals surface area contributed by atoms with Crippen LogP contribution in [0.5, 0.6) is 0 Å². The molecule has 5 nitrogen and oxygen atoms in total. The summed E-state index contributed by atoms with van der Waals surface area (Å²) in [7, 11) is 0. The first-order valence-corrected chi connectivity index (χ1v) is 7.81. The first kappa shape index (κ1) is 17.2. The maximum atomic E-state index is 9.02. The third-order valence-corrected chi connectivity index (χ3v) is 4.47. The Morgan fingerprint density at radius 3 is 2.80 bits per heavy atom. The Hall–Kier alpha value is -0.810. The smallest absolute Gasteiger partial charge is 0.144 e. The van der Waals surface area contributed by atoms with Gasteiger partial charge in [-0.3, -0.25) is 0 Å². The van der Waals surface area contributed by atoms with Crippen LogP contribution in [0.3, 0.4) is 0 Å². The minimum atomic E-state index is -0.226. The van der Waals surface area contributed by atoms with Crippen LogP contribution >= 0.6 is 0 Å². The number of nitrogens with two attached hydrogens (primary N) is 1. The molecule has 1 heterocycles. The van der Waals surface area contributed by atoms with Crippen LogP contribution < -0.4 is 5.73 Å². The van der Waals surface area contributed by atoms with Crippen molar-refractivity contribution in [3.8, 4) is 0 Å². The Morgan fingerprint density at radius 2 is 2.15 bits per heavy atom. The van der Waals surface area contributed by atoms with Crippen molar-refractivity contribution in [2.24, 2.45) is 22.2 Å². The van der Waals surface area contributed by atoms with Gasteiger partial charge in [-0.25, -0.2) is 0 Å². The Kier molecular flexibility index (Phi) is 7.30. The second kappa shape index (κ2) is 8.47. The molecule has 1 rings (SSSR count). The standard InChI is InChI=1S/C15H31N3O2/c1-15(2,14(16)17-20)8-3-4-9-18-10-5-6-13(12-18)7-11-19/h13,19-20H,3-12H2,1-2H3,(H2,16,17). The van der Waals surface area contributed by atoms with Crippen LogP contribution in [0.25, 0.3) is 0 Å². The van der Waals surface area contributed by atoms with Gasteiger partial charge in [0.2, 0.25) is 0 Å². The van der Waals surface area contributed by atoms with Gasteiger partial charge >= 0.3 is 0 Å². The van der Waals surface area contributed by atoms with Crippen LogP contribution in [0, 0.1) is 11.3 Å². The number of oxime groups is 1. The molecule has 0 aromatic rings. The SMILES string of the molecule is CC(C)(CCCCN1CCCC(CCO)C1)C(N)=NO. The lowest BCUT2D eigenvalue weighted by Crippen LogP contribution is -2.36. The van der Waals surface area contributed by atoms with E-state index >= 15 is 0 Å². The van der Waals surface area contributed by atoms with E-state index in [-0.39, 0.29) is 5.41 Å². The third kappa shape index (κ3) is 5.67. The average Bonchev–Trinajstić information content (AvgIpc) is 2.43. The molecular weight excluding hydrogens is 254 g/mol. The number of piperidine rings is 1. The van der Waals surface area contributed by atoms with E-state index in [2.05, 4.69) is 10.1 Å². The van der Waals surface area contributed by atoms with Gasteiger partial charge in [-0.05, 0) is 51.1 Å². The molecule has 0 radical (unpaired) electrons. The lowest BCUT2D eigenvalue weighted by Gasteiger charge is -2.32. The second-order valence-electron chi connectivity index (χ2n) is 6.65. The summed E-state index contributed by atoms with van der Waals surface area (Å²) in [4.78, 5) is 2.51. The van der Waals surface area contributed by atoms with E-state index in [0.29, 0.717) is 18.4 Å². The van der Waals surface area contributed by atoms with Crippen LogP contribution in [-0.4, -0.2) is 47.3 Å². The number of aliphatic hydroxyl groups is 1. The van der Waals surface area contributed by atoms with Crippen LogP contribution in [0.1, 0.15) is 52.4 Å². The van der Waals surface area contributed by atoms with E-state index in [1.165, 1.54) is 19.4 Å². The van der Waals surface area contributed by atoms with Gasteiger partial charge in [0, 0.05) is 18.6 Å². The summed E-state index contributed by atoms with van der Waals surface area (Å²) in [5, 5.41) is 20.9. The highest BCUT2D eigenvalue weighted by Gasteiger charge is 2.23. The summed E-state index contributed by atoms with van der Waals surface area (Å²) < 4.78 is 0. The summed E-state index contributed by atoms with van der Waals surface area (Å²) in [6.45, 7) is 7.77. The van der Waals surface area contributed by atoms with Crippen LogP contribution in [-0.2, 0) is 0 Å². The summed E-state index contributed by atoms with van der Waals surface area (Å²) in [6.07, 6.45) is 6.62. The zero-order chi connectivity index (χ0) is 15.0. The maximum absolute atomic E-state index is 9.02. The van der Waals surface area contributed by atoms with E-state index < -0.39 is 0 Å². The van der Waals surface area contributed by atoms with Crippen molar-refractivity contribution >= 4 is 5.84 Å². The lowest BCUT2D eigenvalue weighted by molar-refractivity contribution is 0.145. The van der Waals surface area contributed by atoms with Crippen molar-refractivity contribution < 1.29 is 10.3 Å². The van der Waals surface area contributed by atoms with Crippen molar-refractivity contribution in [3.63, 3.8) is 0 Å². The number of rotatable bonds is 8. The van der Waals surface area contributed by atoms with Gasteiger partial charge in [-0.2, -0.15) is 0 Å². The number of hydrogen-bond donors (Lipinski definition) is 3. The molecule has 1 unspecified atom stereocenters. The Morgan fingerprint density at radius 1 is 1.40 bits per heavy atom. The van der Waals surface area contributed by atoms with Crippen molar-refractivity contribution in [1.29, 1.82) is 0 Å². The first-order valence-electron chi connectivity index (χ1n) is 7.81. The summed E-state index contributed by atoms with van der Waals surface area (Å²) in [6, 6.07) is 0. The number of nitrogens with zero attached hydrogens (tertiary/aromatic N) is 2. The van der Waals surface area contributed by atoms with Gasteiger partial charge in [-0.1, -0.05) is 25.4 Å². The molecule has 1 aliphatic heterocycles. The quantitative estimate of drug-likeness (QED) is 0.209. The topological polar surface area (TPSA) is 82.1 Å². The number of amidine groups is 1. The zero-order valence-electron chi connectivity index (χ0n) is 13.0. The molecule has 0 aromatic carbocycles. The first-order chi connectivity index (χ1) is 9.49. The minimum Gasteiger partial charge on any atom is -0.409 e. The van der Waals surface area contributed by atoms with Crippen LogP contribution in [0.2, 0.25) is 0 Å². The molecular formula is C15H31N3O2. The lowest BCUT2D eigenvalue weighted by atomic mass is 9.86. The third-order valence-electron chi connectivity index (χ3n) is 4.47. The molecule has 1 atom stereocenters. The molecule has 20 heavy (non-hydrogen) atoms. The fourth-order valence-electron chi connectivity index (χ4n) is 2.94. The molecule has 0 spiro atoms. The van der Waals surface area contributed by atoms with E-state index in [1.807, 2.05) is 13.8 Å². The van der Waals surface area contributed by atoms with Gasteiger partial charge < -0.3 is 20.9 Å². The largest absolute Gasteiger partial charge is 0.409 e. The minimum absolute atomic E-state index is 0.226. The summed E-state index contributed by atoms with van der Waals surface area (Å²) in [5.41, 5.74) is 5.47. The highest BCUT2D eigenvalue weighted by molar-refractivity contribution is 5.85. The second-order valence-corrected chi connectivity index (χ2v) is 6.65. The molecule has 1 saturated heterocycles. The van der Waals surface area contributed by atoms with Crippen molar-refractivity contribution in [2.45, 2.75) is 52.4 Å². The predicted molar refractivity (Wildman–Crippen MR) is 81.9 cm³/mol. The van der Waals surface area contributed by atoms with Gasteiger partial charge in [-0.15, -0.1) is 0 Å². The predicted octanol–water partition coefficient (Wildman–Crippen LogP) is 2.02. The molecule has 0 amide bonds. The maximum Gasteiger partial charge on any atom is 0.144 e. The molecule has 0 saturated carbocycles. The van der Waals surface area contributed by atoms with Gasteiger partial charge in [0.05, 0.1) is 0 Å². The van der Waals surface area contributed by atoms with E-state index in [4.69, 9.17) is 16.0 Å². The Balaban J connectivity index is 2.21.